The van der Waals surface area contributed by atoms with Crippen LogP contribution in [0.5, 0.6) is 0 Å². The van der Waals surface area contributed by atoms with Crippen LogP contribution in [0.25, 0.3) is 0 Å². The summed E-state index contributed by atoms with van der Waals surface area (Å²) in [7, 11) is 2.59. The summed E-state index contributed by atoms with van der Waals surface area (Å²) in [6.07, 6.45) is 3.57. The first kappa shape index (κ1) is 13.1. The van der Waals surface area contributed by atoms with E-state index in [1.54, 1.807) is 21.3 Å². The minimum atomic E-state index is -2.49. The summed E-state index contributed by atoms with van der Waals surface area (Å²) in [5.74, 6) is 0. The van der Waals surface area contributed by atoms with E-state index in [9.17, 15) is 0 Å². The summed E-state index contributed by atoms with van der Waals surface area (Å²) in [4.78, 5) is 2.45. The molecule has 90 valence electrons. The third kappa shape index (κ3) is 2.60. The highest BCUT2D eigenvalue weighted by Crippen LogP contribution is 2.24. The first-order valence-corrected chi connectivity index (χ1v) is 7.43. The van der Waals surface area contributed by atoms with Gasteiger partial charge in [-0.3, -0.25) is 4.90 Å². The fraction of sp³-hybridized carbons (Fsp3) is 1.00. The quantitative estimate of drug-likeness (QED) is 0.647. The zero-order valence-corrected chi connectivity index (χ0v) is 11.3. The van der Waals surface area contributed by atoms with Gasteiger partial charge in [0.2, 0.25) is 0 Å². The average molecular weight is 233 g/mol. The molecule has 1 heterocycles. The van der Waals surface area contributed by atoms with Gasteiger partial charge in [0.05, 0.1) is 5.67 Å². The minimum Gasteiger partial charge on any atom is -0.376 e. The van der Waals surface area contributed by atoms with E-state index >= 15 is 0 Å². The zero-order chi connectivity index (χ0) is 11.3. The lowest BCUT2D eigenvalue weighted by atomic mass is 10.4. The molecule has 0 spiro atoms. The minimum absolute atomic E-state index is 0.306. The van der Waals surface area contributed by atoms with Crippen molar-refractivity contribution in [3.8, 4) is 0 Å². The smallest absolute Gasteiger partial charge is 0.376 e. The van der Waals surface area contributed by atoms with Gasteiger partial charge < -0.3 is 13.3 Å². The first-order valence-electron chi connectivity index (χ1n) is 5.63. The van der Waals surface area contributed by atoms with E-state index in [0.29, 0.717) is 5.67 Å². The van der Waals surface area contributed by atoms with Crippen LogP contribution >= 0.6 is 0 Å². The predicted molar refractivity (Wildman–Crippen MR) is 61.7 cm³/mol. The topological polar surface area (TPSA) is 30.9 Å². The molecule has 15 heavy (non-hydrogen) atoms. The molecule has 0 radical (unpaired) electrons. The van der Waals surface area contributed by atoms with Crippen molar-refractivity contribution in [2.45, 2.75) is 31.9 Å². The number of likely N-dealkylation sites (tertiary alicyclic amines) is 1. The van der Waals surface area contributed by atoms with Crippen LogP contribution in [-0.2, 0) is 13.3 Å². The van der Waals surface area contributed by atoms with Crippen molar-refractivity contribution in [1.82, 2.24) is 4.90 Å². The normalized spacial score (nSPS) is 20.8. The second-order valence-electron chi connectivity index (χ2n) is 3.88. The van der Waals surface area contributed by atoms with Crippen molar-refractivity contribution in [2.75, 3.05) is 34.4 Å². The molecule has 0 aromatic carbocycles. The van der Waals surface area contributed by atoms with Crippen LogP contribution in [0.3, 0.4) is 0 Å². The van der Waals surface area contributed by atoms with Gasteiger partial charge in [-0.1, -0.05) is 6.92 Å². The van der Waals surface area contributed by atoms with E-state index in [1.807, 2.05) is 0 Å². The second kappa shape index (κ2) is 5.96. The molecule has 1 saturated heterocycles. The highest BCUT2D eigenvalue weighted by atomic mass is 28.4. The van der Waals surface area contributed by atoms with E-state index < -0.39 is 8.80 Å². The van der Waals surface area contributed by atoms with Gasteiger partial charge in [0.15, 0.2) is 0 Å². The Bertz CT molecular complexity index is 173. The summed E-state index contributed by atoms with van der Waals surface area (Å²) in [5, 5.41) is 0. The van der Waals surface area contributed by atoms with Gasteiger partial charge in [-0.2, -0.15) is 0 Å². The summed E-state index contributed by atoms with van der Waals surface area (Å²) in [6, 6.07) is 0. The largest absolute Gasteiger partial charge is 0.518 e. The first-order chi connectivity index (χ1) is 7.24. The van der Waals surface area contributed by atoms with E-state index in [0.717, 1.165) is 19.5 Å². The third-order valence-corrected chi connectivity index (χ3v) is 6.53. The molecule has 4 nitrogen and oxygen atoms in total. The van der Waals surface area contributed by atoms with Gasteiger partial charge in [0.1, 0.15) is 0 Å². The van der Waals surface area contributed by atoms with Gasteiger partial charge in [-0.15, -0.1) is 0 Å². The molecule has 1 atom stereocenters. The van der Waals surface area contributed by atoms with Crippen LogP contribution in [0.2, 0.25) is 0 Å². The maximum atomic E-state index is 5.55. The van der Waals surface area contributed by atoms with E-state index in [1.165, 1.54) is 12.8 Å². The summed E-state index contributed by atoms with van der Waals surface area (Å²) in [6.45, 7) is 4.45. The van der Waals surface area contributed by atoms with Crippen molar-refractivity contribution in [1.29, 1.82) is 0 Å². The molecule has 0 bridgehead atoms. The monoisotopic (exact) mass is 233 g/mol. The SMILES string of the molecule is CCC(N1CCCC1)[Si](OC)(OC)OC. The molecule has 0 N–H and O–H groups in total. The lowest BCUT2D eigenvalue weighted by Gasteiger charge is -2.37. The summed E-state index contributed by atoms with van der Waals surface area (Å²) in [5.41, 5.74) is 0.306. The molecular formula is C10H23NO3Si. The number of rotatable bonds is 6. The lowest BCUT2D eigenvalue weighted by Crippen LogP contribution is -2.60. The molecule has 0 amide bonds. The van der Waals surface area contributed by atoms with Gasteiger partial charge in [-0.25, -0.2) is 0 Å². The Balaban J connectivity index is 2.76. The molecule has 0 saturated carbocycles. The Morgan fingerprint density at radius 2 is 1.53 bits per heavy atom. The van der Waals surface area contributed by atoms with Gasteiger partial charge in [0.25, 0.3) is 0 Å². The standard InChI is InChI=1S/C10H23NO3Si/c1-5-10(11-8-6-7-9-11)15(12-2,13-3)14-4/h10H,5-9H2,1-4H3. The zero-order valence-electron chi connectivity index (χ0n) is 10.3. The van der Waals surface area contributed by atoms with Gasteiger partial charge >= 0.3 is 8.80 Å². The summed E-state index contributed by atoms with van der Waals surface area (Å²) < 4.78 is 16.7. The van der Waals surface area contributed by atoms with Crippen LogP contribution in [0.4, 0.5) is 0 Å². The maximum absolute atomic E-state index is 5.55. The van der Waals surface area contributed by atoms with Crippen molar-refractivity contribution in [3.63, 3.8) is 0 Å². The van der Waals surface area contributed by atoms with E-state index in [-0.39, 0.29) is 0 Å². The van der Waals surface area contributed by atoms with Gasteiger partial charge in [0, 0.05) is 21.3 Å². The Morgan fingerprint density at radius 3 is 1.87 bits per heavy atom. The molecule has 1 fully saturated rings. The van der Waals surface area contributed by atoms with Crippen LogP contribution < -0.4 is 0 Å². The third-order valence-electron chi connectivity index (χ3n) is 3.23. The molecule has 1 unspecified atom stereocenters. The highest BCUT2D eigenvalue weighted by molar-refractivity contribution is 6.62. The lowest BCUT2D eigenvalue weighted by molar-refractivity contribution is 0.0796. The number of hydrogen-bond acceptors (Lipinski definition) is 4. The average Bonchev–Trinajstić information content (AvgIpc) is 2.79. The molecule has 0 aromatic heterocycles. The second-order valence-corrected chi connectivity index (χ2v) is 6.98. The molecule has 1 aliphatic rings. The maximum Gasteiger partial charge on any atom is 0.518 e. The molecule has 1 rings (SSSR count). The van der Waals surface area contributed by atoms with E-state index in [2.05, 4.69) is 11.8 Å². The van der Waals surface area contributed by atoms with Crippen molar-refractivity contribution < 1.29 is 13.3 Å². The van der Waals surface area contributed by atoms with Crippen LogP contribution in [-0.4, -0.2) is 53.8 Å². The molecule has 5 heteroatoms. The van der Waals surface area contributed by atoms with Crippen LogP contribution in [0.15, 0.2) is 0 Å². The molecule has 0 aliphatic carbocycles. The predicted octanol–water partition coefficient (Wildman–Crippen LogP) is 1.28. The highest BCUT2D eigenvalue weighted by Gasteiger charge is 2.49. The fourth-order valence-electron chi connectivity index (χ4n) is 2.44. The Labute approximate surface area is 93.9 Å². The van der Waals surface area contributed by atoms with Gasteiger partial charge in [-0.05, 0) is 32.4 Å². The van der Waals surface area contributed by atoms with Crippen LogP contribution in [0.1, 0.15) is 26.2 Å². The summed E-state index contributed by atoms with van der Waals surface area (Å²) >= 11 is 0. The van der Waals surface area contributed by atoms with Crippen molar-refractivity contribution >= 4 is 8.80 Å². The Morgan fingerprint density at radius 1 is 1.07 bits per heavy atom. The van der Waals surface area contributed by atoms with E-state index in [4.69, 9.17) is 13.3 Å². The molecule has 0 aromatic rings. The fourth-order valence-corrected chi connectivity index (χ4v) is 4.96. The molecule has 1 aliphatic heterocycles. The van der Waals surface area contributed by atoms with Crippen LogP contribution in [0, 0.1) is 0 Å². The molecular weight excluding hydrogens is 210 g/mol. The van der Waals surface area contributed by atoms with Crippen molar-refractivity contribution in [2.24, 2.45) is 0 Å². The Hall–Kier alpha value is 0.0569. The Kier molecular flexibility index (Phi) is 5.21. The number of hydrogen-bond donors (Lipinski definition) is 0. The number of nitrogens with zero attached hydrogens (tertiary/aromatic N) is 1. The van der Waals surface area contributed by atoms with Crippen molar-refractivity contribution in [3.05, 3.63) is 0 Å².